The first kappa shape index (κ1) is 15.9. The molecule has 2 amide bonds. The molecule has 1 unspecified atom stereocenters. The van der Waals surface area contributed by atoms with Crippen LogP contribution in [-0.4, -0.2) is 26.6 Å². The standard InChI is InChI=1S/C16H11F2N5O3/c17-8-3-1-4-9(18)13(8)20-15(25)10-7-12(24)19-16-22-21-14(23(10)16)11-5-2-6-26-11/h1-6,10H,7H2,(H,20,25)(H,19,22,24). The average molecular weight is 359 g/mol. The van der Waals surface area contributed by atoms with Gasteiger partial charge < -0.3 is 9.73 Å². The van der Waals surface area contributed by atoms with Gasteiger partial charge in [-0.1, -0.05) is 6.07 Å². The largest absolute Gasteiger partial charge is 0.461 e. The van der Waals surface area contributed by atoms with Gasteiger partial charge in [0, 0.05) is 0 Å². The molecular weight excluding hydrogens is 348 g/mol. The highest BCUT2D eigenvalue weighted by atomic mass is 19.1. The lowest BCUT2D eigenvalue weighted by Gasteiger charge is -2.24. The Morgan fingerprint density at radius 2 is 2.00 bits per heavy atom. The van der Waals surface area contributed by atoms with E-state index in [0.29, 0.717) is 5.76 Å². The lowest BCUT2D eigenvalue weighted by molar-refractivity contribution is -0.125. The van der Waals surface area contributed by atoms with E-state index < -0.39 is 35.2 Å². The smallest absolute Gasteiger partial charge is 0.248 e. The molecule has 1 aliphatic rings. The van der Waals surface area contributed by atoms with Gasteiger partial charge in [-0.25, -0.2) is 8.78 Å². The minimum Gasteiger partial charge on any atom is -0.461 e. The Bertz CT molecular complexity index is 979. The van der Waals surface area contributed by atoms with Crippen molar-refractivity contribution in [2.45, 2.75) is 12.5 Å². The minimum absolute atomic E-state index is 0.0433. The van der Waals surface area contributed by atoms with E-state index >= 15 is 0 Å². The molecule has 1 aliphatic heterocycles. The first-order valence-corrected chi connectivity index (χ1v) is 7.58. The molecule has 1 atom stereocenters. The first-order valence-electron chi connectivity index (χ1n) is 7.58. The van der Waals surface area contributed by atoms with Crippen LogP contribution in [0.3, 0.4) is 0 Å². The van der Waals surface area contributed by atoms with Crippen LogP contribution in [0.25, 0.3) is 11.6 Å². The summed E-state index contributed by atoms with van der Waals surface area (Å²) in [5.74, 6) is -2.51. The van der Waals surface area contributed by atoms with Gasteiger partial charge in [0.05, 0.1) is 12.7 Å². The molecule has 8 nitrogen and oxygen atoms in total. The van der Waals surface area contributed by atoms with Gasteiger partial charge in [-0.3, -0.25) is 19.5 Å². The van der Waals surface area contributed by atoms with E-state index in [0.717, 1.165) is 12.1 Å². The topological polar surface area (TPSA) is 102 Å². The number of aromatic nitrogens is 3. The maximum atomic E-state index is 13.8. The van der Waals surface area contributed by atoms with E-state index in [1.807, 2.05) is 0 Å². The summed E-state index contributed by atoms with van der Waals surface area (Å²) >= 11 is 0. The quantitative estimate of drug-likeness (QED) is 0.747. The number of rotatable bonds is 3. The predicted octanol–water partition coefficient (Wildman–Crippen LogP) is 2.34. The molecule has 4 rings (SSSR count). The van der Waals surface area contributed by atoms with Gasteiger partial charge >= 0.3 is 0 Å². The van der Waals surface area contributed by atoms with Crippen LogP contribution in [0.2, 0.25) is 0 Å². The minimum atomic E-state index is -1.10. The zero-order valence-corrected chi connectivity index (χ0v) is 13.1. The number of nitrogens with zero attached hydrogens (tertiary/aromatic N) is 3. The van der Waals surface area contributed by atoms with Crippen LogP contribution in [-0.2, 0) is 9.59 Å². The molecule has 0 radical (unpaired) electrons. The van der Waals surface area contributed by atoms with E-state index in [1.165, 1.54) is 16.9 Å². The lowest BCUT2D eigenvalue weighted by atomic mass is 10.1. The summed E-state index contributed by atoms with van der Waals surface area (Å²) in [7, 11) is 0. The second-order valence-electron chi connectivity index (χ2n) is 5.55. The van der Waals surface area contributed by atoms with Crippen molar-refractivity contribution in [2.24, 2.45) is 0 Å². The molecule has 0 saturated heterocycles. The van der Waals surface area contributed by atoms with Gasteiger partial charge in [0.1, 0.15) is 23.4 Å². The number of hydrogen-bond donors (Lipinski definition) is 2. The summed E-state index contributed by atoms with van der Waals surface area (Å²) < 4.78 is 34.2. The molecule has 0 spiro atoms. The fraction of sp³-hybridized carbons (Fsp3) is 0.125. The number of benzene rings is 1. The number of nitrogens with one attached hydrogen (secondary N) is 2. The molecule has 3 heterocycles. The molecule has 10 heteroatoms. The third kappa shape index (κ3) is 2.61. The molecule has 0 bridgehead atoms. The molecule has 2 N–H and O–H groups in total. The molecule has 3 aromatic rings. The number of carbonyl (C=O) groups excluding carboxylic acids is 2. The lowest BCUT2D eigenvalue weighted by Crippen LogP contribution is -2.36. The van der Waals surface area contributed by atoms with Gasteiger partial charge in [-0.2, -0.15) is 0 Å². The number of anilines is 2. The maximum Gasteiger partial charge on any atom is 0.248 e. The van der Waals surface area contributed by atoms with Crippen LogP contribution < -0.4 is 10.6 Å². The molecule has 2 aromatic heterocycles. The van der Waals surface area contributed by atoms with Gasteiger partial charge in [-0.15, -0.1) is 10.2 Å². The second kappa shape index (κ2) is 6.06. The molecule has 132 valence electrons. The van der Waals surface area contributed by atoms with E-state index in [2.05, 4.69) is 20.8 Å². The molecule has 0 fully saturated rings. The molecular formula is C16H11F2N5O3. The third-order valence-electron chi connectivity index (χ3n) is 3.89. The van der Waals surface area contributed by atoms with E-state index in [9.17, 15) is 18.4 Å². The van der Waals surface area contributed by atoms with Crippen molar-refractivity contribution in [3.63, 3.8) is 0 Å². The highest BCUT2D eigenvalue weighted by molar-refractivity contribution is 6.01. The van der Waals surface area contributed by atoms with Gasteiger partial charge in [0.25, 0.3) is 0 Å². The highest BCUT2D eigenvalue weighted by Crippen LogP contribution is 2.31. The SMILES string of the molecule is O=C1CC(C(=O)Nc2c(F)cccc2F)n2c(nnc2-c2ccco2)N1. The Labute approximate surface area is 144 Å². The van der Waals surface area contributed by atoms with Crippen molar-refractivity contribution >= 4 is 23.5 Å². The van der Waals surface area contributed by atoms with Crippen molar-refractivity contribution in [2.75, 3.05) is 10.6 Å². The number of hydrogen-bond acceptors (Lipinski definition) is 5. The van der Waals surface area contributed by atoms with Gasteiger partial charge in [0.15, 0.2) is 5.76 Å². The van der Waals surface area contributed by atoms with Crippen molar-refractivity contribution in [1.29, 1.82) is 0 Å². The highest BCUT2D eigenvalue weighted by Gasteiger charge is 2.35. The summed E-state index contributed by atoms with van der Waals surface area (Å²) in [5, 5.41) is 12.4. The van der Waals surface area contributed by atoms with E-state index in [1.54, 1.807) is 12.1 Å². The molecule has 1 aromatic carbocycles. The Balaban J connectivity index is 1.73. The molecule has 0 saturated carbocycles. The molecule has 0 aliphatic carbocycles. The van der Waals surface area contributed by atoms with Crippen LogP contribution in [0.1, 0.15) is 12.5 Å². The summed E-state index contributed by atoms with van der Waals surface area (Å²) in [6, 6.07) is 5.35. The van der Waals surface area contributed by atoms with Crippen molar-refractivity contribution < 1.29 is 22.8 Å². The summed E-state index contributed by atoms with van der Waals surface area (Å²) in [6.07, 6.45) is 1.17. The van der Waals surface area contributed by atoms with Gasteiger partial charge in [-0.05, 0) is 24.3 Å². The zero-order valence-electron chi connectivity index (χ0n) is 13.1. The van der Waals surface area contributed by atoms with E-state index in [4.69, 9.17) is 4.42 Å². The van der Waals surface area contributed by atoms with Gasteiger partial charge in [0.2, 0.25) is 23.6 Å². The monoisotopic (exact) mass is 359 g/mol. The number of amides is 2. The predicted molar refractivity (Wildman–Crippen MR) is 85.0 cm³/mol. The zero-order chi connectivity index (χ0) is 18.3. The summed E-state index contributed by atoms with van der Waals surface area (Å²) in [6.45, 7) is 0. The van der Waals surface area contributed by atoms with Crippen molar-refractivity contribution in [3.8, 4) is 11.6 Å². The fourth-order valence-electron chi connectivity index (χ4n) is 2.72. The number of fused-ring (bicyclic) bond motifs is 1. The van der Waals surface area contributed by atoms with Crippen LogP contribution in [0, 0.1) is 11.6 Å². The van der Waals surface area contributed by atoms with Crippen LogP contribution in [0.15, 0.2) is 41.0 Å². The van der Waals surface area contributed by atoms with E-state index in [-0.39, 0.29) is 18.2 Å². The number of carbonyl (C=O) groups is 2. The molecule has 26 heavy (non-hydrogen) atoms. The maximum absolute atomic E-state index is 13.8. The summed E-state index contributed by atoms with van der Waals surface area (Å²) in [5.41, 5.74) is -0.586. The van der Waals surface area contributed by atoms with Crippen molar-refractivity contribution in [3.05, 3.63) is 48.2 Å². The fourth-order valence-corrected chi connectivity index (χ4v) is 2.72. The summed E-state index contributed by atoms with van der Waals surface area (Å²) in [4.78, 5) is 24.5. The van der Waals surface area contributed by atoms with Crippen LogP contribution >= 0.6 is 0 Å². The Hall–Kier alpha value is -3.56. The van der Waals surface area contributed by atoms with Crippen molar-refractivity contribution in [1.82, 2.24) is 14.8 Å². The Kier molecular flexibility index (Phi) is 3.72. The van der Waals surface area contributed by atoms with Crippen LogP contribution in [0.4, 0.5) is 20.4 Å². The third-order valence-corrected chi connectivity index (χ3v) is 3.89. The Morgan fingerprint density at radius 1 is 1.23 bits per heavy atom. The normalized spacial score (nSPS) is 16.1. The number of halogens is 2. The van der Waals surface area contributed by atoms with Crippen LogP contribution in [0.5, 0.6) is 0 Å². The number of para-hydroxylation sites is 1. The Morgan fingerprint density at radius 3 is 2.69 bits per heavy atom. The number of furan rings is 1. The first-order chi connectivity index (χ1) is 12.5. The average Bonchev–Trinajstić information content (AvgIpc) is 3.26. The second-order valence-corrected chi connectivity index (χ2v) is 5.55.